The summed E-state index contributed by atoms with van der Waals surface area (Å²) in [7, 11) is 0. The SMILES string of the molecule is CCOCCOCc1cc(CNC2CC2)no1. The molecule has 0 amide bonds. The van der Waals surface area contributed by atoms with Crippen molar-refractivity contribution < 1.29 is 14.0 Å². The minimum Gasteiger partial charge on any atom is -0.379 e. The van der Waals surface area contributed by atoms with Gasteiger partial charge in [0.1, 0.15) is 6.61 Å². The van der Waals surface area contributed by atoms with Crippen LogP contribution in [0.25, 0.3) is 0 Å². The van der Waals surface area contributed by atoms with Gasteiger partial charge in [0.25, 0.3) is 0 Å². The van der Waals surface area contributed by atoms with Crippen LogP contribution in [-0.4, -0.2) is 31.0 Å². The van der Waals surface area contributed by atoms with Crippen LogP contribution in [0.15, 0.2) is 10.6 Å². The van der Waals surface area contributed by atoms with Crippen LogP contribution in [0.3, 0.4) is 0 Å². The first-order valence-corrected chi connectivity index (χ1v) is 6.22. The summed E-state index contributed by atoms with van der Waals surface area (Å²) in [6, 6.07) is 2.63. The average molecular weight is 240 g/mol. The van der Waals surface area contributed by atoms with Gasteiger partial charge in [0.15, 0.2) is 5.76 Å². The highest BCUT2D eigenvalue weighted by Crippen LogP contribution is 2.19. The van der Waals surface area contributed by atoms with Crippen LogP contribution in [0.5, 0.6) is 0 Å². The van der Waals surface area contributed by atoms with Crippen LogP contribution >= 0.6 is 0 Å². The Hall–Kier alpha value is -0.910. The predicted molar refractivity (Wildman–Crippen MR) is 62.5 cm³/mol. The number of aromatic nitrogens is 1. The molecule has 1 aliphatic rings. The number of hydrogen-bond donors (Lipinski definition) is 1. The third kappa shape index (κ3) is 4.85. The van der Waals surface area contributed by atoms with Crippen molar-refractivity contribution in [3.8, 4) is 0 Å². The van der Waals surface area contributed by atoms with E-state index in [1.54, 1.807) is 0 Å². The fourth-order valence-corrected chi connectivity index (χ4v) is 1.48. The molecule has 1 aromatic heterocycles. The first-order chi connectivity index (χ1) is 8.38. The standard InChI is InChI=1S/C12H20N2O3/c1-2-15-5-6-16-9-12-7-11(14-17-12)8-13-10-3-4-10/h7,10,13H,2-6,8-9H2,1H3. The van der Waals surface area contributed by atoms with E-state index < -0.39 is 0 Å². The Balaban J connectivity index is 1.59. The lowest BCUT2D eigenvalue weighted by molar-refractivity contribution is 0.0372. The van der Waals surface area contributed by atoms with E-state index >= 15 is 0 Å². The molecule has 2 rings (SSSR count). The van der Waals surface area contributed by atoms with Gasteiger partial charge < -0.3 is 19.3 Å². The maximum absolute atomic E-state index is 5.39. The zero-order valence-electron chi connectivity index (χ0n) is 10.3. The molecule has 17 heavy (non-hydrogen) atoms. The molecule has 5 heteroatoms. The zero-order chi connectivity index (χ0) is 11.9. The maximum Gasteiger partial charge on any atom is 0.162 e. The van der Waals surface area contributed by atoms with Gasteiger partial charge in [-0.05, 0) is 19.8 Å². The highest BCUT2D eigenvalue weighted by molar-refractivity contribution is 5.04. The Morgan fingerprint density at radius 3 is 3.00 bits per heavy atom. The van der Waals surface area contributed by atoms with Gasteiger partial charge in [0.05, 0.1) is 18.9 Å². The van der Waals surface area contributed by atoms with Gasteiger partial charge in [-0.1, -0.05) is 5.16 Å². The molecule has 5 nitrogen and oxygen atoms in total. The van der Waals surface area contributed by atoms with Crippen molar-refractivity contribution in [1.29, 1.82) is 0 Å². The first-order valence-electron chi connectivity index (χ1n) is 6.22. The van der Waals surface area contributed by atoms with Crippen molar-refractivity contribution in [2.45, 2.75) is 39.0 Å². The molecule has 1 fully saturated rings. The third-order valence-electron chi connectivity index (χ3n) is 2.58. The number of rotatable bonds is 9. The first kappa shape index (κ1) is 12.5. The van der Waals surface area contributed by atoms with Crippen molar-refractivity contribution in [3.05, 3.63) is 17.5 Å². The molecule has 0 radical (unpaired) electrons. The number of ether oxygens (including phenoxy) is 2. The summed E-state index contributed by atoms with van der Waals surface area (Å²) in [5, 5.41) is 7.37. The zero-order valence-corrected chi connectivity index (χ0v) is 10.3. The van der Waals surface area contributed by atoms with Gasteiger partial charge in [-0.25, -0.2) is 0 Å². The Bertz CT molecular complexity index is 323. The lowest BCUT2D eigenvalue weighted by Gasteiger charge is -2.01. The molecule has 0 aliphatic heterocycles. The summed E-state index contributed by atoms with van der Waals surface area (Å²) >= 11 is 0. The average Bonchev–Trinajstić information content (AvgIpc) is 3.06. The van der Waals surface area contributed by atoms with E-state index in [2.05, 4.69) is 10.5 Å². The van der Waals surface area contributed by atoms with Gasteiger partial charge in [0.2, 0.25) is 0 Å². The molecular formula is C12H20N2O3. The lowest BCUT2D eigenvalue weighted by Crippen LogP contribution is -2.15. The minimum absolute atomic E-state index is 0.462. The predicted octanol–water partition coefficient (Wildman–Crippen LogP) is 1.48. The normalized spacial score (nSPS) is 15.4. The molecule has 1 heterocycles. The van der Waals surface area contributed by atoms with Gasteiger partial charge in [-0.2, -0.15) is 0 Å². The fraction of sp³-hybridized carbons (Fsp3) is 0.750. The van der Waals surface area contributed by atoms with E-state index in [1.165, 1.54) is 12.8 Å². The van der Waals surface area contributed by atoms with E-state index in [0.717, 1.165) is 24.6 Å². The van der Waals surface area contributed by atoms with Crippen molar-refractivity contribution in [2.24, 2.45) is 0 Å². The molecule has 0 unspecified atom stereocenters. The number of nitrogens with zero attached hydrogens (tertiary/aromatic N) is 1. The van der Waals surface area contributed by atoms with Crippen molar-refractivity contribution in [2.75, 3.05) is 19.8 Å². The highest BCUT2D eigenvalue weighted by atomic mass is 16.5. The smallest absolute Gasteiger partial charge is 0.162 e. The molecule has 1 N–H and O–H groups in total. The maximum atomic E-state index is 5.39. The Morgan fingerprint density at radius 1 is 1.41 bits per heavy atom. The second-order valence-corrected chi connectivity index (χ2v) is 4.19. The van der Waals surface area contributed by atoms with Crippen LogP contribution in [0.1, 0.15) is 31.2 Å². The molecular weight excluding hydrogens is 220 g/mol. The summed E-state index contributed by atoms with van der Waals surface area (Å²) in [5.41, 5.74) is 0.945. The van der Waals surface area contributed by atoms with Gasteiger partial charge in [0, 0.05) is 25.3 Å². The summed E-state index contributed by atoms with van der Waals surface area (Å²) < 4.78 is 15.7. The largest absolute Gasteiger partial charge is 0.379 e. The van der Waals surface area contributed by atoms with Crippen molar-refractivity contribution in [1.82, 2.24) is 10.5 Å². The van der Waals surface area contributed by atoms with Crippen LogP contribution in [-0.2, 0) is 22.6 Å². The molecule has 0 saturated heterocycles. The van der Waals surface area contributed by atoms with E-state index in [9.17, 15) is 0 Å². The van der Waals surface area contributed by atoms with E-state index in [-0.39, 0.29) is 0 Å². The quantitative estimate of drug-likeness (QED) is 0.663. The highest BCUT2D eigenvalue weighted by Gasteiger charge is 2.20. The fourth-order valence-electron chi connectivity index (χ4n) is 1.48. The van der Waals surface area contributed by atoms with Crippen molar-refractivity contribution in [3.63, 3.8) is 0 Å². The minimum atomic E-state index is 0.462. The molecule has 1 aliphatic carbocycles. The van der Waals surface area contributed by atoms with Crippen molar-refractivity contribution >= 4 is 0 Å². The summed E-state index contributed by atoms with van der Waals surface area (Å²) in [6.07, 6.45) is 2.57. The van der Waals surface area contributed by atoms with Crippen LogP contribution in [0.4, 0.5) is 0 Å². The summed E-state index contributed by atoms with van der Waals surface area (Å²) in [6.45, 7) is 5.15. The Labute approximate surface area is 101 Å². The van der Waals surface area contributed by atoms with E-state index in [0.29, 0.717) is 25.9 Å². The van der Waals surface area contributed by atoms with Crippen LogP contribution < -0.4 is 5.32 Å². The molecule has 0 spiro atoms. The second-order valence-electron chi connectivity index (χ2n) is 4.19. The lowest BCUT2D eigenvalue weighted by atomic mass is 10.3. The Morgan fingerprint density at radius 2 is 2.24 bits per heavy atom. The molecule has 0 bridgehead atoms. The third-order valence-corrected chi connectivity index (χ3v) is 2.58. The van der Waals surface area contributed by atoms with Crippen LogP contribution in [0, 0.1) is 0 Å². The number of nitrogens with one attached hydrogen (secondary N) is 1. The summed E-state index contributed by atoms with van der Waals surface area (Å²) in [4.78, 5) is 0. The molecule has 96 valence electrons. The van der Waals surface area contributed by atoms with E-state index in [1.807, 2.05) is 13.0 Å². The second kappa shape index (κ2) is 6.74. The van der Waals surface area contributed by atoms with E-state index in [4.69, 9.17) is 14.0 Å². The Kier molecular flexibility index (Phi) is 4.97. The van der Waals surface area contributed by atoms with Gasteiger partial charge >= 0.3 is 0 Å². The van der Waals surface area contributed by atoms with Gasteiger partial charge in [-0.15, -0.1) is 0 Å². The monoisotopic (exact) mass is 240 g/mol. The molecule has 1 saturated carbocycles. The van der Waals surface area contributed by atoms with Gasteiger partial charge in [-0.3, -0.25) is 0 Å². The molecule has 0 aromatic carbocycles. The summed E-state index contributed by atoms with van der Waals surface area (Å²) in [5.74, 6) is 0.772. The number of hydrogen-bond acceptors (Lipinski definition) is 5. The molecule has 0 atom stereocenters. The topological polar surface area (TPSA) is 56.5 Å². The molecule has 1 aromatic rings. The van der Waals surface area contributed by atoms with Crippen LogP contribution in [0.2, 0.25) is 0 Å².